The van der Waals surface area contributed by atoms with Gasteiger partial charge in [-0.15, -0.1) is 0 Å². The highest BCUT2D eigenvalue weighted by atomic mass is 16.6. The molecule has 7 unspecified atom stereocenters. The molecule has 0 fully saturated rings. The number of fused-ring (bicyclic) bond motifs is 9. The van der Waals surface area contributed by atoms with Crippen molar-refractivity contribution in [3.05, 3.63) is 121 Å². The maximum Gasteiger partial charge on any atom is 0.336 e. The number of phenolic OH excluding ortho intramolecular Hbond substituents is 2. The van der Waals surface area contributed by atoms with Crippen LogP contribution in [0.4, 0.5) is 11.6 Å². The number of nitrogens with zero attached hydrogens (tertiary/aromatic N) is 2. The van der Waals surface area contributed by atoms with Crippen LogP contribution in [0.25, 0.3) is 11.0 Å². The summed E-state index contributed by atoms with van der Waals surface area (Å²) in [7, 11) is 0. The van der Waals surface area contributed by atoms with Gasteiger partial charge in [0.25, 0.3) is 0 Å². The van der Waals surface area contributed by atoms with Gasteiger partial charge in [0.2, 0.25) is 0 Å². The largest absolute Gasteiger partial charge is 0.508 e. The van der Waals surface area contributed by atoms with E-state index in [0.717, 1.165) is 34.1 Å². The molecule has 14 nitrogen and oxygen atoms in total. The van der Waals surface area contributed by atoms with Gasteiger partial charge in [0, 0.05) is 65.9 Å². The molecule has 5 heterocycles. The zero-order valence-corrected chi connectivity index (χ0v) is 35.0. The van der Waals surface area contributed by atoms with Gasteiger partial charge < -0.3 is 50.5 Å². The Hall–Kier alpha value is -5.96. The molecule has 9 rings (SSSR count). The van der Waals surface area contributed by atoms with E-state index in [1.165, 1.54) is 6.08 Å². The lowest BCUT2D eigenvalue weighted by Crippen LogP contribution is -2.59. The molecule has 4 aliphatic rings. The summed E-state index contributed by atoms with van der Waals surface area (Å²) in [5, 5.41) is 58.9. The summed E-state index contributed by atoms with van der Waals surface area (Å²) in [5.41, 5.74) is 10.8. The summed E-state index contributed by atoms with van der Waals surface area (Å²) < 4.78 is 20.4. The van der Waals surface area contributed by atoms with Gasteiger partial charge in [-0.25, -0.2) is 14.8 Å². The van der Waals surface area contributed by atoms with Crippen LogP contribution in [0, 0.1) is 11.8 Å². The van der Waals surface area contributed by atoms with Crippen LogP contribution >= 0.6 is 0 Å². The lowest BCUT2D eigenvalue weighted by atomic mass is 9.62. The number of ether oxygens (including phenoxy) is 2. The minimum absolute atomic E-state index is 0.00576. The van der Waals surface area contributed by atoms with Crippen LogP contribution in [0.2, 0.25) is 0 Å². The van der Waals surface area contributed by atoms with E-state index in [0.29, 0.717) is 61.2 Å². The number of hydrogen-bond acceptors (Lipinski definition) is 14. The average molecular weight is 845 g/mol. The number of rotatable bonds is 7. The fourth-order valence-corrected chi connectivity index (χ4v) is 11.2. The molecule has 324 valence electrons. The fraction of sp³-hybridized carbons (Fsp3) is 0.417. The van der Waals surface area contributed by atoms with Crippen LogP contribution in [-0.2, 0) is 41.8 Å². The molecule has 7 atom stereocenters. The van der Waals surface area contributed by atoms with Crippen molar-refractivity contribution in [2.24, 2.45) is 11.8 Å². The SMILES string of the molecule is CC=C(CO)C(=O)OC1Cc2c3c(c4oc(CO)cc(=O)c4c2O)C2c4ccnc(N)c4C(CCc4ccc(O)cc4C2CO)C2CCc4cc(NCC)ncc4CC2C1(C)O3. The zero-order valence-electron chi connectivity index (χ0n) is 35.0. The number of esters is 1. The molecule has 4 bridgehead atoms. The van der Waals surface area contributed by atoms with Crippen LogP contribution < -0.4 is 21.2 Å². The van der Waals surface area contributed by atoms with Crippen molar-refractivity contribution in [2.45, 2.75) is 95.4 Å². The minimum atomic E-state index is -1.36. The molecule has 0 radical (unpaired) electrons. The summed E-state index contributed by atoms with van der Waals surface area (Å²) in [4.78, 5) is 37.7. The summed E-state index contributed by atoms with van der Waals surface area (Å²) in [5.74, 6) is -2.60. The standard InChI is InChI=1S/C48H52N4O10/c1-4-23(20-53)47(59)61-37-18-33-43(58)41-36(57)17-28(21-54)60-45(41)42-39-31-12-13-51-46(49)40(31)30(11-7-24-6-9-27(56)16-32(24)34(39)22-55)29-10-8-25-15-38(50-5-2)52-19-26(25)14-35(29)48(37,3)62-44(33)42/h4,6,9,12-13,15-17,19,29-30,34-35,37,39,53-56,58H,5,7-8,10-11,14,18,20-22H2,1-3H3,(H2,49,51)(H,50,52). The second kappa shape index (κ2) is 16.1. The number of nitrogens with two attached hydrogens (primary N) is 1. The smallest absolute Gasteiger partial charge is 0.336 e. The number of nitrogen functional groups attached to an aromatic ring is 1. The number of nitrogens with one attached hydrogen (secondary N) is 1. The Labute approximate surface area is 358 Å². The second-order valence-corrected chi connectivity index (χ2v) is 17.2. The van der Waals surface area contributed by atoms with E-state index < -0.39 is 66.4 Å². The van der Waals surface area contributed by atoms with Crippen LogP contribution in [0.1, 0.15) is 102 Å². The van der Waals surface area contributed by atoms with Crippen molar-refractivity contribution in [3.8, 4) is 17.2 Å². The van der Waals surface area contributed by atoms with Gasteiger partial charge in [-0.1, -0.05) is 12.1 Å². The number of anilines is 2. The van der Waals surface area contributed by atoms with Gasteiger partial charge in [0.15, 0.2) is 5.43 Å². The predicted octanol–water partition coefficient (Wildman–Crippen LogP) is 5.42. The number of aryl methyl sites for hydroxylation is 2. The molecular formula is C48H52N4O10. The molecule has 0 saturated carbocycles. The minimum Gasteiger partial charge on any atom is -0.508 e. The molecule has 5 aromatic rings. The quantitative estimate of drug-likeness (QED) is 0.0802. The topological polar surface area (TPSA) is 231 Å². The predicted molar refractivity (Wildman–Crippen MR) is 230 cm³/mol. The van der Waals surface area contributed by atoms with E-state index in [2.05, 4.69) is 11.4 Å². The molecule has 3 aromatic heterocycles. The molecule has 14 heteroatoms. The highest BCUT2D eigenvalue weighted by molar-refractivity contribution is 5.92. The summed E-state index contributed by atoms with van der Waals surface area (Å²) in [6, 6.07) is 10.3. The van der Waals surface area contributed by atoms with Crippen LogP contribution in [0.5, 0.6) is 17.2 Å². The van der Waals surface area contributed by atoms with Crippen molar-refractivity contribution in [3.63, 3.8) is 0 Å². The first-order valence-electron chi connectivity index (χ1n) is 21.4. The van der Waals surface area contributed by atoms with Gasteiger partial charge in [-0.2, -0.15) is 0 Å². The third-order valence-electron chi connectivity index (χ3n) is 14.1. The normalized spacial score (nSPS) is 25.1. The number of aromatic nitrogens is 2. The Morgan fingerprint density at radius 2 is 1.82 bits per heavy atom. The lowest BCUT2D eigenvalue weighted by molar-refractivity contribution is -0.169. The van der Waals surface area contributed by atoms with Crippen molar-refractivity contribution < 1.29 is 44.2 Å². The Balaban J connectivity index is 1.44. The molecule has 8 N–H and O–H groups in total. The lowest BCUT2D eigenvalue weighted by Gasteiger charge is -2.51. The third kappa shape index (κ3) is 6.58. The van der Waals surface area contributed by atoms with Crippen molar-refractivity contribution in [1.29, 1.82) is 0 Å². The molecule has 62 heavy (non-hydrogen) atoms. The fourth-order valence-electron chi connectivity index (χ4n) is 11.2. The molecule has 2 aromatic carbocycles. The van der Waals surface area contributed by atoms with E-state index in [4.69, 9.17) is 29.6 Å². The first kappa shape index (κ1) is 41.4. The van der Waals surface area contributed by atoms with Crippen molar-refractivity contribution in [2.75, 3.05) is 30.8 Å². The third-order valence-corrected chi connectivity index (χ3v) is 14.1. The van der Waals surface area contributed by atoms with Gasteiger partial charge >= 0.3 is 5.97 Å². The number of aromatic hydroxyl groups is 2. The van der Waals surface area contributed by atoms with Gasteiger partial charge in [0.05, 0.1) is 18.8 Å². The molecule has 0 spiro atoms. The summed E-state index contributed by atoms with van der Waals surface area (Å²) in [6.45, 7) is 4.67. The Morgan fingerprint density at radius 3 is 2.56 bits per heavy atom. The number of aliphatic hydroxyl groups excluding tert-OH is 3. The first-order valence-corrected chi connectivity index (χ1v) is 21.4. The average Bonchev–Trinajstić information content (AvgIpc) is 3.42. The van der Waals surface area contributed by atoms with E-state index in [9.17, 15) is 35.1 Å². The number of carbonyl (C=O) groups excluding carboxylic acids is 1. The summed E-state index contributed by atoms with van der Waals surface area (Å²) >= 11 is 0. The number of phenols is 2. The number of hydrogen-bond donors (Lipinski definition) is 7. The number of carbonyl (C=O) groups is 1. The van der Waals surface area contributed by atoms with Crippen LogP contribution in [0.15, 0.2) is 69.7 Å². The Morgan fingerprint density at radius 1 is 1.02 bits per heavy atom. The van der Waals surface area contributed by atoms with E-state index in [1.807, 2.05) is 32.2 Å². The maximum atomic E-state index is 14.2. The molecule has 0 saturated heterocycles. The highest BCUT2D eigenvalue weighted by Gasteiger charge is 2.57. The van der Waals surface area contributed by atoms with Crippen molar-refractivity contribution >= 4 is 28.6 Å². The molecule has 2 aliphatic heterocycles. The molecule has 0 amide bonds. The van der Waals surface area contributed by atoms with Gasteiger partial charge in [-0.3, -0.25) is 4.79 Å². The zero-order chi connectivity index (χ0) is 43.6. The Bertz CT molecular complexity index is 2700. The van der Waals surface area contributed by atoms with E-state index in [1.54, 1.807) is 25.3 Å². The van der Waals surface area contributed by atoms with Gasteiger partial charge in [0.1, 0.15) is 63.9 Å². The number of aliphatic hydroxyl groups is 3. The van der Waals surface area contributed by atoms with E-state index >= 15 is 0 Å². The molecule has 2 aliphatic carbocycles. The highest BCUT2D eigenvalue weighted by Crippen LogP contribution is 2.60. The Kier molecular flexibility index (Phi) is 10.7. The van der Waals surface area contributed by atoms with E-state index in [-0.39, 0.29) is 57.6 Å². The number of pyridine rings is 2. The number of allylic oxidation sites excluding steroid dienone is 1. The molecular weight excluding hydrogens is 793 g/mol. The maximum absolute atomic E-state index is 14.2. The number of benzene rings is 2. The van der Waals surface area contributed by atoms with Crippen LogP contribution in [-0.4, -0.2) is 72.9 Å². The first-order chi connectivity index (χ1) is 29.9. The summed E-state index contributed by atoms with van der Waals surface area (Å²) in [6.07, 6.45) is 6.78. The second-order valence-electron chi connectivity index (χ2n) is 17.2. The van der Waals surface area contributed by atoms with Crippen LogP contribution in [0.3, 0.4) is 0 Å². The van der Waals surface area contributed by atoms with Gasteiger partial charge in [-0.05, 0) is 117 Å². The monoisotopic (exact) mass is 844 g/mol. The van der Waals surface area contributed by atoms with Crippen molar-refractivity contribution in [1.82, 2.24) is 9.97 Å².